The van der Waals surface area contributed by atoms with Crippen LogP contribution in [0.15, 0.2) is 17.4 Å². The van der Waals surface area contributed by atoms with Crippen molar-refractivity contribution in [2.75, 3.05) is 5.75 Å². The molecule has 1 aliphatic carbocycles. The number of carbonyl (C=O) groups is 1. The molecule has 2 aromatic heterocycles. The molecule has 8 heteroatoms. The highest BCUT2D eigenvalue weighted by molar-refractivity contribution is 7.99. The number of nitrogens with one attached hydrogen (secondary N) is 1. The lowest BCUT2D eigenvalue weighted by Crippen LogP contribution is -2.37. The number of aromatic nitrogens is 3. The number of nitrogens with zero attached hydrogens (tertiary/aromatic N) is 3. The molecule has 2 aromatic rings. The highest BCUT2D eigenvalue weighted by Gasteiger charge is 2.17. The minimum absolute atomic E-state index is 0.0294. The van der Waals surface area contributed by atoms with Gasteiger partial charge >= 0.3 is 0 Å². The number of carbonyl (C=O) groups excluding carboxylic acids is 1. The molecule has 1 fully saturated rings. The van der Waals surface area contributed by atoms with E-state index in [2.05, 4.69) is 15.5 Å². The highest BCUT2D eigenvalue weighted by atomic mass is 35.5. The molecule has 0 aliphatic heterocycles. The molecular weight excluding hydrogens is 343 g/mol. The predicted octanol–water partition coefficient (Wildman–Crippen LogP) is 3.58. The van der Waals surface area contributed by atoms with Gasteiger partial charge in [0.1, 0.15) is 0 Å². The van der Waals surface area contributed by atoms with E-state index in [-0.39, 0.29) is 5.91 Å². The number of pyridine rings is 1. The van der Waals surface area contributed by atoms with Crippen LogP contribution in [0.2, 0.25) is 10.0 Å². The SMILES string of the molecule is O=C(CSc1nnc2c(Cl)cc(Cl)cn12)NC1CCCCC1. The van der Waals surface area contributed by atoms with Gasteiger partial charge in [-0.1, -0.05) is 54.2 Å². The molecule has 1 saturated carbocycles. The lowest BCUT2D eigenvalue weighted by atomic mass is 9.95. The minimum atomic E-state index is 0.0294. The maximum absolute atomic E-state index is 12.0. The third-order valence-electron chi connectivity index (χ3n) is 3.70. The summed E-state index contributed by atoms with van der Waals surface area (Å²) in [6, 6.07) is 1.94. The third kappa shape index (κ3) is 3.67. The van der Waals surface area contributed by atoms with E-state index in [1.807, 2.05) is 0 Å². The van der Waals surface area contributed by atoms with Crippen molar-refractivity contribution in [2.45, 2.75) is 43.3 Å². The topological polar surface area (TPSA) is 59.3 Å². The number of thioether (sulfide) groups is 1. The number of halogens is 2. The lowest BCUT2D eigenvalue weighted by Gasteiger charge is -2.22. The van der Waals surface area contributed by atoms with Crippen molar-refractivity contribution in [1.29, 1.82) is 0 Å². The molecular formula is C14H16Cl2N4OS. The van der Waals surface area contributed by atoms with Crippen LogP contribution in [0.4, 0.5) is 0 Å². The van der Waals surface area contributed by atoms with Gasteiger partial charge in [-0.2, -0.15) is 0 Å². The van der Waals surface area contributed by atoms with Crippen LogP contribution in [0.25, 0.3) is 5.65 Å². The molecule has 1 amide bonds. The number of rotatable bonds is 4. The van der Waals surface area contributed by atoms with Crippen LogP contribution in [0.3, 0.4) is 0 Å². The van der Waals surface area contributed by atoms with Crippen molar-refractivity contribution in [2.24, 2.45) is 0 Å². The molecule has 22 heavy (non-hydrogen) atoms. The van der Waals surface area contributed by atoms with Crippen LogP contribution in [-0.2, 0) is 4.79 Å². The molecule has 0 radical (unpaired) electrons. The largest absolute Gasteiger partial charge is 0.353 e. The van der Waals surface area contributed by atoms with Gasteiger partial charge in [0.25, 0.3) is 0 Å². The van der Waals surface area contributed by atoms with Crippen molar-refractivity contribution in [3.05, 3.63) is 22.3 Å². The average molecular weight is 359 g/mol. The van der Waals surface area contributed by atoms with Crippen molar-refractivity contribution >= 4 is 46.5 Å². The Morgan fingerprint density at radius 2 is 2.09 bits per heavy atom. The zero-order valence-electron chi connectivity index (χ0n) is 11.9. The Hall–Kier alpha value is -0.980. The summed E-state index contributed by atoms with van der Waals surface area (Å²) in [5.74, 6) is 0.336. The van der Waals surface area contributed by atoms with E-state index in [9.17, 15) is 4.79 Å². The molecule has 0 aromatic carbocycles. The summed E-state index contributed by atoms with van der Waals surface area (Å²) in [6.45, 7) is 0. The molecule has 0 unspecified atom stereocenters. The number of amides is 1. The number of hydrogen-bond acceptors (Lipinski definition) is 4. The van der Waals surface area contributed by atoms with Gasteiger partial charge in [0.15, 0.2) is 10.8 Å². The summed E-state index contributed by atoms with van der Waals surface area (Å²) in [4.78, 5) is 12.0. The Morgan fingerprint density at radius 1 is 1.32 bits per heavy atom. The van der Waals surface area contributed by atoms with Crippen LogP contribution in [0, 0.1) is 0 Å². The van der Waals surface area contributed by atoms with E-state index in [0.29, 0.717) is 32.6 Å². The normalized spacial score (nSPS) is 16.1. The lowest BCUT2D eigenvalue weighted by molar-refractivity contribution is -0.119. The quantitative estimate of drug-likeness (QED) is 0.848. The summed E-state index contributed by atoms with van der Waals surface area (Å²) in [7, 11) is 0. The van der Waals surface area contributed by atoms with Gasteiger partial charge in [-0.3, -0.25) is 9.20 Å². The smallest absolute Gasteiger partial charge is 0.230 e. The molecule has 118 valence electrons. The van der Waals surface area contributed by atoms with Gasteiger partial charge in [-0.15, -0.1) is 10.2 Å². The first-order valence-corrected chi connectivity index (χ1v) is 8.99. The van der Waals surface area contributed by atoms with Gasteiger partial charge in [0, 0.05) is 12.2 Å². The molecule has 3 rings (SSSR count). The van der Waals surface area contributed by atoms with Crippen molar-refractivity contribution in [1.82, 2.24) is 19.9 Å². The van der Waals surface area contributed by atoms with E-state index in [4.69, 9.17) is 23.2 Å². The van der Waals surface area contributed by atoms with Crippen molar-refractivity contribution in [3.63, 3.8) is 0 Å². The molecule has 5 nitrogen and oxygen atoms in total. The van der Waals surface area contributed by atoms with Crippen LogP contribution >= 0.6 is 35.0 Å². The van der Waals surface area contributed by atoms with Gasteiger partial charge in [0.2, 0.25) is 5.91 Å². The van der Waals surface area contributed by atoms with Crippen LogP contribution in [-0.4, -0.2) is 32.3 Å². The van der Waals surface area contributed by atoms with Gasteiger partial charge < -0.3 is 5.32 Å². The Bertz CT molecular complexity index is 685. The fraction of sp³-hybridized carbons (Fsp3) is 0.500. The second-order valence-electron chi connectivity index (χ2n) is 5.37. The standard InChI is InChI=1S/C14H16Cl2N4OS/c15-9-6-11(16)13-18-19-14(20(13)7-9)22-8-12(21)17-10-4-2-1-3-5-10/h6-7,10H,1-5,8H2,(H,17,21). The summed E-state index contributed by atoms with van der Waals surface area (Å²) in [5.41, 5.74) is 0.543. The van der Waals surface area contributed by atoms with E-state index >= 15 is 0 Å². The molecule has 1 N–H and O–H groups in total. The third-order valence-corrected chi connectivity index (χ3v) is 5.13. The molecule has 2 heterocycles. The van der Waals surface area contributed by atoms with Gasteiger partial charge in [0.05, 0.1) is 15.8 Å². The maximum atomic E-state index is 12.0. The average Bonchev–Trinajstić information content (AvgIpc) is 2.89. The molecule has 0 spiro atoms. The van der Waals surface area contributed by atoms with Crippen LogP contribution in [0.1, 0.15) is 32.1 Å². The summed E-state index contributed by atoms with van der Waals surface area (Å²) in [6.07, 6.45) is 7.53. The number of hydrogen-bond donors (Lipinski definition) is 1. The molecule has 0 atom stereocenters. The van der Waals surface area contributed by atoms with Crippen molar-refractivity contribution in [3.8, 4) is 0 Å². The van der Waals surface area contributed by atoms with E-state index in [1.54, 1.807) is 16.7 Å². The molecule has 1 aliphatic rings. The summed E-state index contributed by atoms with van der Waals surface area (Å²) < 4.78 is 1.71. The van der Waals surface area contributed by atoms with E-state index < -0.39 is 0 Å². The second kappa shape index (κ2) is 7.06. The Balaban J connectivity index is 1.62. The van der Waals surface area contributed by atoms with Crippen LogP contribution < -0.4 is 5.32 Å². The van der Waals surface area contributed by atoms with Crippen LogP contribution in [0.5, 0.6) is 0 Å². The minimum Gasteiger partial charge on any atom is -0.353 e. The predicted molar refractivity (Wildman–Crippen MR) is 88.7 cm³/mol. The molecule has 0 bridgehead atoms. The zero-order chi connectivity index (χ0) is 15.5. The van der Waals surface area contributed by atoms with Gasteiger partial charge in [-0.25, -0.2) is 0 Å². The second-order valence-corrected chi connectivity index (χ2v) is 7.16. The summed E-state index contributed by atoms with van der Waals surface area (Å²) >= 11 is 13.4. The van der Waals surface area contributed by atoms with Crippen molar-refractivity contribution < 1.29 is 4.79 Å². The molecule has 0 saturated heterocycles. The van der Waals surface area contributed by atoms with E-state index in [1.165, 1.54) is 31.0 Å². The fourth-order valence-electron chi connectivity index (χ4n) is 2.65. The van der Waals surface area contributed by atoms with Gasteiger partial charge in [-0.05, 0) is 18.9 Å². The number of fused-ring (bicyclic) bond motifs is 1. The first-order valence-electron chi connectivity index (χ1n) is 7.25. The first-order chi connectivity index (χ1) is 10.6. The maximum Gasteiger partial charge on any atom is 0.230 e. The summed E-state index contributed by atoms with van der Waals surface area (Å²) in [5, 5.41) is 12.7. The Morgan fingerprint density at radius 3 is 2.86 bits per heavy atom. The monoisotopic (exact) mass is 358 g/mol. The Labute approximate surface area is 142 Å². The first kappa shape index (κ1) is 15.9. The van der Waals surface area contributed by atoms with E-state index in [0.717, 1.165) is 12.8 Å². The zero-order valence-corrected chi connectivity index (χ0v) is 14.2. The fourth-order valence-corrected chi connectivity index (χ4v) is 3.88. The highest BCUT2D eigenvalue weighted by Crippen LogP contribution is 2.25. The Kier molecular flexibility index (Phi) is 5.10.